The third-order valence-electron chi connectivity index (χ3n) is 2.53. The molecule has 0 bridgehead atoms. The van der Waals surface area contributed by atoms with E-state index in [1.807, 2.05) is 37.3 Å². The first-order valence-electron chi connectivity index (χ1n) is 6.30. The summed E-state index contributed by atoms with van der Waals surface area (Å²) in [7, 11) is 0. The fourth-order valence-corrected chi connectivity index (χ4v) is 1.52. The molecule has 3 N–H and O–H groups in total. The summed E-state index contributed by atoms with van der Waals surface area (Å²) in [4.78, 5) is 11.2. The molecule has 0 aliphatic heterocycles. The van der Waals surface area contributed by atoms with E-state index < -0.39 is 0 Å². The molecule has 1 rings (SSSR count). The van der Waals surface area contributed by atoms with Gasteiger partial charge in [0.25, 0.3) is 0 Å². The minimum absolute atomic E-state index is 0.00686. The van der Waals surface area contributed by atoms with Crippen LogP contribution in [0.1, 0.15) is 18.9 Å². The average molecular weight is 250 g/mol. The molecule has 0 spiro atoms. The second-order valence-electron chi connectivity index (χ2n) is 4.45. The Balaban J connectivity index is 2.10. The van der Waals surface area contributed by atoms with Crippen LogP contribution in [-0.2, 0) is 16.1 Å². The third-order valence-corrected chi connectivity index (χ3v) is 2.53. The number of ether oxygens (including phenoxy) is 1. The van der Waals surface area contributed by atoms with Crippen molar-refractivity contribution >= 4 is 5.91 Å². The first-order chi connectivity index (χ1) is 8.72. The van der Waals surface area contributed by atoms with E-state index in [0.29, 0.717) is 38.6 Å². The third kappa shape index (κ3) is 6.37. The van der Waals surface area contributed by atoms with Gasteiger partial charge in [0.1, 0.15) is 0 Å². The zero-order valence-corrected chi connectivity index (χ0v) is 10.9. The lowest BCUT2D eigenvalue weighted by molar-refractivity contribution is -0.121. The molecule has 0 radical (unpaired) electrons. The highest BCUT2D eigenvalue weighted by Gasteiger charge is 2.05. The van der Waals surface area contributed by atoms with Gasteiger partial charge in [-0.05, 0) is 11.5 Å². The molecule has 0 aromatic heterocycles. The number of hydrogen-bond acceptors (Lipinski definition) is 3. The van der Waals surface area contributed by atoms with Crippen molar-refractivity contribution in [3.05, 3.63) is 35.9 Å². The van der Waals surface area contributed by atoms with Crippen LogP contribution >= 0.6 is 0 Å². The van der Waals surface area contributed by atoms with Gasteiger partial charge >= 0.3 is 0 Å². The number of nitrogens with one attached hydrogen (secondary N) is 1. The summed E-state index contributed by atoms with van der Waals surface area (Å²) in [5.74, 6) is 0.308. The number of benzene rings is 1. The van der Waals surface area contributed by atoms with Crippen LogP contribution in [0.4, 0.5) is 0 Å². The molecule has 100 valence electrons. The lowest BCUT2D eigenvalue weighted by Crippen LogP contribution is -2.31. The molecule has 0 saturated carbocycles. The molecule has 1 aromatic carbocycles. The lowest BCUT2D eigenvalue weighted by Gasteiger charge is -2.13. The normalized spacial score (nSPS) is 12.1. The Morgan fingerprint density at radius 3 is 2.78 bits per heavy atom. The molecular formula is C14H22N2O2. The summed E-state index contributed by atoms with van der Waals surface area (Å²) in [6.45, 7) is 4.33. The van der Waals surface area contributed by atoms with E-state index in [-0.39, 0.29) is 5.91 Å². The van der Waals surface area contributed by atoms with E-state index in [1.54, 1.807) is 0 Å². The SMILES string of the molecule is CC(CNC(=O)CCN)COCc1ccccc1. The van der Waals surface area contributed by atoms with Gasteiger partial charge in [-0.2, -0.15) is 0 Å². The standard InChI is InChI=1S/C14H22N2O2/c1-12(9-16-14(17)7-8-15)10-18-11-13-5-3-2-4-6-13/h2-6,12H,7-11,15H2,1H3,(H,16,17). The summed E-state index contributed by atoms with van der Waals surface area (Å²) in [5.41, 5.74) is 6.46. The van der Waals surface area contributed by atoms with Crippen LogP contribution in [0.5, 0.6) is 0 Å². The van der Waals surface area contributed by atoms with Crippen LogP contribution in [0.15, 0.2) is 30.3 Å². The Bertz CT molecular complexity index is 341. The van der Waals surface area contributed by atoms with Crippen molar-refractivity contribution in [3.63, 3.8) is 0 Å². The summed E-state index contributed by atoms with van der Waals surface area (Å²) in [6.07, 6.45) is 0.387. The number of hydrogen-bond donors (Lipinski definition) is 2. The van der Waals surface area contributed by atoms with Gasteiger partial charge in [-0.25, -0.2) is 0 Å². The highest BCUT2D eigenvalue weighted by molar-refractivity contribution is 5.75. The molecule has 0 heterocycles. The maximum Gasteiger partial charge on any atom is 0.221 e. The molecule has 0 saturated heterocycles. The molecule has 1 aromatic rings. The van der Waals surface area contributed by atoms with Crippen molar-refractivity contribution in [3.8, 4) is 0 Å². The van der Waals surface area contributed by atoms with Gasteiger partial charge < -0.3 is 15.8 Å². The van der Waals surface area contributed by atoms with Crippen LogP contribution in [0.3, 0.4) is 0 Å². The molecule has 0 aliphatic rings. The molecule has 0 aliphatic carbocycles. The second kappa shape index (κ2) is 8.66. The molecule has 4 heteroatoms. The van der Waals surface area contributed by atoms with Crippen LogP contribution < -0.4 is 11.1 Å². The van der Waals surface area contributed by atoms with Crippen molar-refractivity contribution in [2.45, 2.75) is 20.0 Å². The Morgan fingerprint density at radius 1 is 1.39 bits per heavy atom. The molecule has 1 amide bonds. The van der Waals surface area contributed by atoms with Crippen LogP contribution in [0.2, 0.25) is 0 Å². The average Bonchev–Trinajstić information content (AvgIpc) is 2.38. The van der Waals surface area contributed by atoms with Crippen molar-refractivity contribution in [2.75, 3.05) is 19.7 Å². The fraction of sp³-hybridized carbons (Fsp3) is 0.500. The van der Waals surface area contributed by atoms with E-state index in [2.05, 4.69) is 5.32 Å². The summed E-state index contributed by atoms with van der Waals surface area (Å²) < 4.78 is 5.60. The number of carbonyl (C=O) groups is 1. The minimum atomic E-state index is 0.00686. The van der Waals surface area contributed by atoms with E-state index in [4.69, 9.17) is 10.5 Å². The number of rotatable bonds is 8. The summed E-state index contributed by atoms with van der Waals surface area (Å²) >= 11 is 0. The number of amides is 1. The second-order valence-corrected chi connectivity index (χ2v) is 4.45. The Hall–Kier alpha value is -1.39. The van der Waals surface area contributed by atoms with Crippen molar-refractivity contribution in [2.24, 2.45) is 11.7 Å². The smallest absolute Gasteiger partial charge is 0.221 e. The minimum Gasteiger partial charge on any atom is -0.376 e. The molecule has 1 atom stereocenters. The van der Waals surface area contributed by atoms with Gasteiger partial charge in [-0.15, -0.1) is 0 Å². The largest absolute Gasteiger partial charge is 0.376 e. The van der Waals surface area contributed by atoms with E-state index >= 15 is 0 Å². The maximum absolute atomic E-state index is 11.2. The number of nitrogens with two attached hydrogens (primary N) is 1. The van der Waals surface area contributed by atoms with Crippen molar-refractivity contribution < 1.29 is 9.53 Å². The molecule has 0 fully saturated rings. The molecule has 1 unspecified atom stereocenters. The summed E-state index contributed by atoms with van der Waals surface area (Å²) in [5, 5.41) is 2.83. The van der Waals surface area contributed by atoms with Gasteiger partial charge in [-0.1, -0.05) is 37.3 Å². The van der Waals surface area contributed by atoms with Crippen molar-refractivity contribution in [1.29, 1.82) is 0 Å². The quantitative estimate of drug-likeness (QED) is 0.731. The predicted octanol–water partition coefficient (Wildman–Crippen LogP) is 1.30. The molecular weight excluding hydrogens is 228 g/mol. The van der Waals surface area contributed by atoms with Crippen LogP contribution in [-0.4, -0.2) is 25.6 Å². The van der Waals surface area contributed by atoms with Crippen LogP contribution in [0, 0.1) is 5.92 Å². The Kier molecular flexibility index (Phi) is 7.06. The zero-order valence-electron chi connectivity index (χ0n) is 10.9. The zero-order chi connectivity index (χ0) is 13.2. The van der Waals surface area contributed by atoms with Gasteiger partial charge in [0, 0.05) is 19.5 Å². The monoisotopic (exact) mass is 250 g/mol. The van der Waals surface area contributed by atoms with Crippen molar-refractivity contribution in [1.82, 2.24) is 5.32 Å². The molecule has 4 nitrogen and oxygen atoms in total. The first kappa shape index (κ1) is 14.7. The maximum atomic E-state index is 11.2. The summed E-state index contributed by atoms with van der Waals surface area (Å²) in [6, 6.07) is 10.0. The van der Waals surface area contributed by atoms with E-state index in [1.165, 1.54) is 0 Å². The molecule has 18 heavy (non-hydrogen) atoms. The highest BCUT2D eigenvalue weighted by atomic mass is 16.5. The Labute approximate surface area is 109 Å². The topological polar surface area (TPSA) is 64.4 Å². The highest BCUT2D eigenvalue weighted by Crippen LogP contribution is 2.02. The van der Waals surface area contributed by atoms with Gasteiger partial charge in [0.2, 0.25) is 5.91 Å². The number of carbonyl (C=O) groups excluding carboxylic acids is 1. The van der Waals surface area contributed by atoms with Gasteiger partial charge in [0.05, 0.1) is 13.2 Å². The Morgan fingerprint density at radius 2 is 2.11 bits per heavy atom. The predicted molar refractivity (Wildman–Crippen MR) is 71.9 cm³/mol. The van der Waals surface area contributed by atoms with E-state index in [9.17, 15) is 4.79 Å². The fourth-order valence-electron chi connectivity index (χ4n) is 1.52. The van der Waals surface area contributed by atoms with E-state index in [0.717, 1.165) is 5.56 Å². The lowest BCUT2D eigenvalue weighted by atomic mass is 10.2. The van der Waals surface area contributed by atoms with Gasteiger partial charge in [0.15, 0.2) is 0 Å². The van der Waals surface area contributed by atoms with Crippen LogP contribution in [0.25, 0.3) is 0 Å². The first-order valence-corrected chi connectivity index (χ1v) is 6.30. The van der Waals surface area contributed by atoms with Gasteiger partial charge in [-0.3, -0.25) is 4.79 Å².